The average Bonchev–Trinajstić information content (AvgIpc) is 2.85. The van der Waals surface area contributed by atoms with Gasteiger partial charge in [0.2, 0.25) is 0 Å². The van der Waals surface area contributed by atoms with Crippen molar-refractivity contribution in [1.82, 2.24) is 15.1 Å². The van der Waals surface area contributed by atoms with Gasteiger partial charge in [-0.15, -0.1) is 5.92 Å². The van der Waals surface area contributed by atoms with Crippen LogP contribution in [0.15, 0.2) is 0 Å². The van der Waals surface area contributed by atoms with E-state index in [4.69, 9.17) is 0 Å². The van der Waals surface area contributed by atoms with Gasteiger partial charge in [0.25, 0.3) is 0 Å². The third kappa shape index (κ3) is 4.28. The summed E-state index contributed by atoms with van der Waals surface area (Å²) in [5, 5.41) is 3.37. The normalized spacial score (nSPS) is 26.3. The molecule has 0 bridgehead atoms. The first-order valence-corrected chi connectivity index (χ1v) is 7.38. The van der Waals surface area contributed by atoms with Crippen molar-refractivity contribution in [3.8, 4) is 11.8 Å². The molecule has 2 fully saturated rings. The van der Waals surface area contributed by atoms with Gasteiger partial charge in [-0.25, -0.2) is 0 Å². The molecule has 0 amide bonds. The topological polar surface area (TPSA) is 18.5 Å². The van der Waals surface area contributed by atoms with Gasteiger partial charge in [0.15, 0.2) is 0 Å². The van der Waals surface area contributed by atoms with Crippen molar-refractivity contribution in [2.75, 3.05) is 45.8 Å². The van der Waals surface area contributed by atoms with Crippen LogP contribution in [-0.4, -0.2) is 61.7 Å². The maximum Gasteiger partial charge on any atom is 0.0602 e. The fourth-order valence-electron chi connectivity index (χ4n) is 2.75. The molecule has 0 saturated carbocycles. The Bertz CT molecular complexity index is 297. The van der Waals surface area contributed by atoms with Crippen LogP contribution >= 0.6 is 0 Å². The molecule has 0 spiro atoms. The van der Waals surface area contributed by atoms with Crippen LogP contribution in [0.25, 0.3) is 0 Å². The van der Waals surface area contributed by atoms with Crippen molar-refractivity contribution in [3.63, 3.8) is 0 Å². The van der Waals surface area contributed by atoms with E-state index in [9.17, 15) is 0 Å². The average molecular weight is 249 g/mol. The molecule has 2 aliphatic heterocycles. The molecule has 0 aromatic rings. The van der Waals surface area contributed by atoms with Gasteiger partial charge in [0.05, 0.1) is 6.54 Å². The van der Waals surface area contributed by atoms with E-state index in [0.717, 1.165) is 45.1 Å². The molecular weight excluding hydrogens is 222 g/mol. The lowest BCUT2D eigenvalue weighted by atomic mass is 10.1. The number of piperazine rings is 1. The van der Waals surface area contributed by atoms with Crippen molar-refractivity contribution >= 4 is 0 Å². The Kier molecular flexibility index (Phi) is 5.49. The molecule has 2 aliphatic rings. The van der Waals surface area contributed by atoms with E-state index in [2.05, 4.69) is 40.8 Å². The number of hydrogen-bond acceptors (Lipinski definition) is 3. The Hall–Kier alpha value is -0.560. The lowest BCUT2D eigenvalue weighted by Gasteiger charge is -2.24. The van der Waals surface area contributed by atoms with E-state index < -0.39 is 0 Å². The quantitative estimate of drug-likeness (QED) is 0.753. The van der Waals surface area contributed by atoms with Gasteiger partial charge in [0, 0.05) is 45.2 Å². The molecule has 2 heterocycles. The number of likely N-dealkylation sites (tertiary alicyclic amines) is 1. The van der Waals surface area contributed by atoms with Gasteiger partial charge in [-0.2, -0.15) is 0 Å². The number of nitrogens with zero attached hydrogens (tertiary/aromatic N) is 2. The largest absolute Gasteiger partial charge is 0.314 e. The standard InChI is InChI=1S/C15H27N3/c1-14(2)18-10-6-15(13-18)5-3-4-9-17-11-7-16-8-12-17/h14-16H,5-13H2,1-2H3. The molecule has 1 atom stereocenters. The Morgan fingerprint density at radius 2 is 1.94 bits per heavy atom. The minimum atomic E-state index is 0.698. The van der Waals surface area contributed by atoms with Crippen LogP contribution in [-0.2, 0) is 0 Å². The van der Waals surface area contributed by atoms with Crippen LogP contribution in [0.2, 0.25) is 0 Å². The first-order chi connectivity index (χ1) is 8.75. The van der Waals surface area contributed by atoms with Gasteiger partial charge < -0.3 is 10.2 Å². The molecule has 18 heavy (non-hydrogen) atoms. The molecule has 0 aliphatic carbocycles. The summed E-state index contributed by atoms with van der Waals surface area (Å²) in [5.74, 6) is 7.56. The lowest BCUT2D eigenvalue weighted by Crippen LogP contribution is -2.43. The zero-order valence-corrected chi connectivity index (χ0v) is 11.9. The minimum Gasteiger partial charge on any atom is -0.314 e. The smallest absolute Gasteiger partial charge is 0.0602 e. The predicted octanol–water partition coefficient (Wildman–Crippen LogP) is 1.02. The van der Waals surface area contributed by atoms with Crippen LogP contribution in [0.3, 0.4) is 0 Å². The summed E-state index contributed by atoms with van der Waals surface area (Å²) in [5.41, 5.74) is 0. The molecule has 0 radical (unpaired) electrons. The van der Waals surface area contributed by atoms with Gasteiger partial charge in [-0.1, -0.05) is 5.92 Å². The first kappa shape index (κ1) is 13.9. The highest BCUT2D eigenvalue weighted by molar-refractivity contribution is 5.03. The highest BCUT2D eigenvalue weighted by Crippen LogP contribution is 2.20. The highest BCUT2D eigenvalue weighted by Gasteiger charge is 2.23. The molecule has 1 unspecified atom stereocenters. The van der Waals surface area contributed by atoms with Crippen molar-refractivity contribution in [2.45, 2.75) is 32.7 Å². The van der Waals surface area contributed by atoms with E-state index in [1.54, 1.807) is 0 Å². The molecule has 3 heteroatoms. The molecule has 2 saturated heterocycles. The molecule has 102 valence electrons. The lowest BCUT2D eigenvalue weighted by molar-refractivity contribution is 0.265. The fraction of sp³-hybridized carbons (Fsp3) is 0.867. The van der Waals surface area contributed by atoms with Gasteiger partial charge in [0.1, 0.15) is 0 Å². The molecular formula is C15H27N3. The maximum atomic E-state index is 3.40. The third-order valence-electron chi connectivity index (χ3n) is 4.08. The SMILES string of the molecule is CC(C)N1CCC(CC#CCN2CCNCC2)C1. The monoisotopic (exact) mass is 249 g/mol. The van der Waals surface area contributed by atoms with E-state index in [1.165, 1.54) is 19.5 Å². The zero-order chi connectivity index (χ0) is 12.8. The van der Waals surface area contributed by atoms with Crippen LogP contribution in [0.5, 0.6) is 0 Å². The number of hydrogen-bond donors (Lipinski definition) is 1. The second-order valence-electron chi connectivity index (χ2n) is 5.83. The Balaban J connectivity index is 1.63. The molecule has 0 aromatic heterocycles. The predicted molar refractivity (Wildman–Crippen MR) is 76.5 cm³/mol. The molecule has 1 N–H and O–H groups in total. The summed E-state index contributed by atoms with van der Waals surface area (Å²) in [7, 11) is 0. The minimum absolute atomic E-state index is 0.698. The van der Waals surface area contributed by atoms with Crippen LogP contribution < -0.4 is 5.32 Å². The third-order valence-corrected chi connectivity index (χ3v) is 4.08. The zero-order valence-electron chi connectivity index (χ0n) is 11.9. The van der Waals surface area contributed by atoms with Crippen LogP contribution in [0.1, 0.15) is 26.7 Å². The van der Waals surface area contributed by atoms with Crippen LogP contribution in [0, 0.1) is 17.8 Å². The highest BCUT2D eigenvalue weighted by atomic mass is 15.2. The van der Waals surface area contributed by atoms with Crippen molar-refractivity contribution in [2.24, 2.45) is 5.92 Å². The molecule has 2 rings (SSSR count). The van der Waals surface area contributed by atoms with Crippen molar-refractivity contribution in [3.05, 3.63) is 0 Å². The molecule has 3 nitrogen and oxygen atoms in total. The van der Waals surface area contributed by atoms with Crippen molar-refractivity contribution in [1.29, 1.82) is 0 Å². The summed E-state index contributed by atoms with van der Waals surface area (Å²) in [6.07, 6.45) is 2.43. The summed E-state index contributed by atoms with van der Waals surface area (Å²) in [6.45, 7) is 12.6. The Morgan fingerprint density at radius 1 is 1.17 bits per heavy atom. The second-order valence-corrected chi connectivity index (χ2v) is 5.83. The summed E-state index contributed by atoms with van der Waals surface area (Å²) in [6, 6.07) is 0.698. The number of nitrogens with one attached hydrogen (secondary N) is 1. The second kappa shape index (κ2) is 7.13. The molecule has 0 aromatic carbocycles. The van der Waals surface area contributed by atoms with E-state index in [-0.39, 0.29) is 0 Å². The van der Waals surface area contributed by atoms with E-state index in [0.29, 0.717) is 6.04 Å². The summed E-state index contributed by atoms with van der Waals surface area (Å²) < 4.78 is 0. The summed E-state index contributed by atoms with van der Waals surface area (Å²) >= 11 is 0. The van der Waals surface area contributed by atoms with Gasteiger partial charge >= 0.3 is 0 Å². The Labute approximate surface area is 112 Å². The number of rotatable bonds is 3. The maximum absolute atomic E-state index is 3.40. The summed E-state index contributed by atoms with van der Waals surface area (Å²) in [4.78, 5) is 5.02. The first-order valence-electron chi connectivity index (χ1n) is 7.38. The van der Waals surface area contributed by atoms with Crippen LogP contribution in [0.4, 0.5) is 0 Å². The van der Waals surface area contributed by atoms with Gasteiger partial charge in [-0.3, -0.25) is 4.90 Å². The van der Waals surface area contributed by atoms with Gasteiger partial charge in [-0.05, 0) is 32.7 Å². The Morgan fingerprint density at radius 3 is 2.61 bits per heavy atom. The van der Waals surface area contributed by atoms with E-state index >= 15 is 0 Å². The van der Waals surface area contributed by atoms with Crippen molar-refractivity contribution < 1.29 is 0 Å². The van der Waals surface area contributed by atoms with E-state index in [1.807, 2.05) is 0 Å². The fourth-order valence-corrected chi connectivity index (χ4v) is 2.75.